The molecular weight excluding hydrogens is 380 g/mol. The Morgan fingerprint density at radius 2 is 1.70 bits per heavy atom. The molecule has 2 aromatic carbocycles. The Bertz CT molecular complexity index is 878. The molecule has 6 nitrogen and oxygen atoms in total. The van der Waals surface area contributed by atoms with Gasteiger partial charge in [-0.15, -0.1) is 0 Å². The second-order valence-corrected chi connectivity index (χ2v) is 8.74. The molecule has 0 amide bonds. The largest absolute Gasteiger partial charge is 0.490 e. The molecule has 2 aliphatic heterocycles. The lowest BCUT2D eigenvalue weighted by Gasteiger charge is -2.30. The number of aliphatic hydroxyl groups excluding tert-OH is 1. The van der Waals surface area contributed by atoms with Gasteiger partial charge < -0.3 is 29.1 Å². The average molecular weight is 415 g/mol. The number of nitrogens with one attached hydrogen (secondary N) is 2. The first kappa shape index (κ1) is 21.0. The molecule has 3 N–H and O–H groups in total. The Morgan fingerprint density at radius 3 is 2.50 bits per heavy atom. The fourth-order valence-electron chi connectivity index (χ4n) is 4.41. The SMILES string of the molecule is Cc1cc(C)c(C)c(OC[C@H](O)C[NH+]2CC[NH+](Cc3ccc4c(c3)OCO4)CC2)c1. The number of hydrogen-bond donors (Lipinski definition) is 3. The monoisotopic (exact) mass is 414 g/mol. The Labute approximate surface area is 179 Å². The lowest BCUT2D eigenvalue weighted by atomic mass is 10.1. The van der Waals surface area contributed by atoms with Crippen LogP contribution in [0.15, 0.2) is 30.3 Å². The average Bonchev–Trinajstić information content (AvgIpc) is 3.19. The van der Waals surface area contributed by atoms with Crippen molar-refractivity contribution in [2.24, 2.45) is 0 Å². The van der Waals surface area contributed by atoms with Gasteiger partial charge in [-0.1, -0.05) is 6.07 Å². The van der Waals surface area contributed by atoms with Crippen LogP contribution in [-0.2, 0) is 6.54 Å². The van der Waals surface area contributed by atoms with E-state index in [1.165, 1.54) is 21.6 Å². The van der Waals surface area contributed by atoms with E-state index in [4.69, 9.17) is 14.2 Å². The van der Waals surface area contributed by atoms with Crippen LogP contribution >= 0.6 is 0 Å². The maximum atomic E-state index is 10.5. The summed E-state index contributed by atoms with van der Waals surface area (Å²) >= 11 is 0. The summed E-state index contributed by atoms with van der Waals surface area (Å²) in [6.45, 7) is 13.0. The molecule has 1 atom stereocenters. The van der Waals surface area contributed by atoms with E-state index >= 15 is 0 Å². The Morgan fingerprint density at radius 1 is 0.967 bits per heavy atom. The molecule has 0 aromatic heterocycles. The number of benzene rings is 2. The first-order chi connectivity index (χ1) is 14.5. The van der Waals surface area contributed by atoms with E-state index in [1.807, 2.05) is 6.07 Å². The first-order valence-corrected chi connectivity index (χ1v) is 10.9. The Balaban J connectivity index is 1.21. The van der Waals surface area contributed by atoms with Crippen LogP contribution < -0.4 is 24.0 Å². The minimum absolute atomic E-state index is 0.322. The smallest absolute Gasteiger partial charge is 0.231 e. The zero-order valence-corrected chi connectivity index (χ0v) is 18.3. The molecule has 0 saturated carbocycles. The number of ether oxygens (including phenoxy) is 3. The lowest BCUT2D eigenvalue weighted by molar-refractivity contribution is -1.02. The highest BCUT2D eigenvalue weighted by atomic mass is 16.7. The zero-order chi connectivity index (χ0) is 21.1. The summed E-state index contributed by atoms with van der Waals surface area (Å²) in [6, 6.07) is 10.5. The van der Waals surface area contributed by atoms with Crippen LogP contribution in [0.5, 0.6) is 17.2 Å². The van der Waals surface area contributed by atoms with Gasteiger partial charge in [0.15, 0.2) is 11.5 Å². The minimum atomic E-state index is -0.448. The van der Waals surface area contributed by atoms with Gasteiger partial charge in [-0.25, -0.2) is 0 Å². The standard InChI is InChI=1S/C24H32N2O4/c1-17-10-18(2)19(3)23(11-17)28-15-21(27)14-26-8-6-25(7-9-26)13-20-4-5-22-24(12-20)30-16-29-22/h4-5,10-12,21,27H,6-9,13-16H2,1-3H3/p+2/t21-/m1/s1. The number of aryl methyl sites for hydroxylation is 2. The van der Waals surface area contributed by atoms with Crippen molar-refractivity contribution < 1.29 is 29.1 Å². The molecule has 4 rings (SSSR count). The quantitative estimate of drug-likeness (QED) is 0.600. The van der Waals surface area contributed by atoms with Crippen molar-refractivity contribution in [2.75, 3.05) is 46.1 Å². The van der Waals surface area contributed by atoms with E-state index in [1.54, 1.807) is 4.90 Å². The molecule has 162 valence electrons. The van der Waals surface area contributed by atoms with Crippen molar-refractivity contribution in [3.05, 3.63) is 52.6 Å². The number of fused-ring (bicyclic) bond motifs is 1. The van der Waals surface area contributed by atoms with E-state index in [-0.39, 0.29) is 0 Å². The summed E-state index contributed by atoms with van der Waals surface area (Å²) < 4.78 is 16.8. The zero-order valence-electron chi connectivity index (χ0n) is 18.3. The summed E-state index contributed by atoms with van der Waals surface area (Å²) in [7, 11) is 0. The fraction of sp³-hybridized carbons (Fsp3) is 0.500. The van der Waals surface area contributed by atoms with Crippen LogP contribution in [0, 0.1) is 20.8 Å². The van der Waals surface area contributed by atoms with Crippen LogP contribution in [-0.4, -0.2) is 57.3 Å². The third-order valence-electron chi connectivity index (χ3n) is 6.27. The van der Waals surface area contributed by atoms with E-state index < -0.39 is 6.10 Å². The highest BCUT2D eigenvalue weighted by molar-refractivity contribution is 5.44. The summed E-state index contributed by atoms with van der Waals surface area (Å²) in [6.07, 6.45) is -0.448. The summed E-state index contributed by atoms with van der Waals surface area (Å²) in [5, 5.41) is 10.5. The number of aliphatic hydroxyl groups is 1. The molecule has 2 aromatic rings. The van der Waals surface area contributed by atoms with Gasteiger partial charge in [-0.05, 0) is 61.7 Å². The summed E-state index contributed by atoms with van der Waals surface area (Å²) in [4.78, 5) is 3.03. The van der Waals surface area contributed by atoms with Crippen molar-refractivity contribution in [1.82, 2.24) is 0 Å². The molecule has 2 heterocycles. The second-order valence-electron chi connectivity index (χ2n) is 8.74. The van der Waals surface area contributed by atoms with Gasteiger partial charge in [-0.3, -0.25) is 0 Å². The second kappa shape index (κ2) is 9.25. The van der Waals surface area contributed by atoms with Gasteiger partial charge in [0.2, 0.25) is 6.79 Å². The third-order valence-corrected chi connectivity index (χ3v) is 6.27. The first-order valence-electron chi connectivity index (χ1n) is 10.9. The Kier molecular flexibility index (Phi) is 6.46. The molecule has 0 spiro atoms. The molecular formula is C24H34N2O4+2. The number of quaternary nitrogens is 2. The van der Waals surface area contributed by atoms with Crippen LogP contribution in [0.1, 0.15) is 22.3 Å². The van der Waals surface area contributed by atoms with Gasteiger partial charge >= 0.3 is 0 Å². The summed E-state index contributed by atoms with van der Waals surface area (Å²) in [5.41, 5.74) is 4.86. The van der Waals surface area contributed by atoms with E-state index in [0.717, 1.165) is 62.1 Å². The molecule has 1 fully saturated rings. The van der Waals surface area contributed by atoms with E-state index in [9.17, 15) is 5.11 Å². The van der Waals surface area contributed by atoms with Crippen LogP contribution in [0.2, 0.25) is 0 Å². The Hall–Kier alpha value is -2.28. The molecule has 0 unspecified atom stereocenters. The molecule has 30 heavy (non-hydrogen) atoms. The normalized spacial score (nSPS) is 21.5. The van der Waals surface area contributed by atoms with Gasteiger partial charge in [0.25, 0.3) is 0 Å². The van der Waals surface area contributed by atoms with Gasteiger partial charge in [0.05, 0.1) is 0 Å². The topological polar surface area (TPSA) is 56.8 Å². The van der Waals surface area contributed by atoms with Gasteiger partial charge in [0, 0.05) is 5.56 Å². The number of rotatable bonds is 7. The van der Waals surface area contributed by atoms with Gasteiger partial charge in [-0.2, -0.15) is 0 Å². The van der Waals surface area contributed by atoms with Crippen LogP contribution in [0.4, 0.5) is 0 Å². The van der Waals surface area contributed by atoms with E-state index in [0.29, 0.717) is 13.4 Å². The van der Waals surface area contributed by atoms with Crippen molar-refractivity contribution in [1.29, 1.82) is 0 Å². The number of piperazine rings is 1. The lowest BCUT2D eigenvalue weighted by Crippen LogP contribution is -3.28. The summed E-state index contributed by atoms with van der Waals surface area (Å²) in [5.74, 6) is 2.59. The van der Waals surface area contributed by atoms with Gasteiger partial charge in [0.1, 0.15) is 57.7 Å². The third kappa shape index (κ3) is 5.06. The van der Waals surface area contributed by atoms with Crippen LogP contribution in [0.25, 0.3) is 0 Å². The number of hydrogen-bond acceptors (Lipinski definition) is 4. The molecule has 0 aliphatic carbocycles. The molecule has 0 radical (unpaired) electrons. The predicted octanol–water partition coefficient (Wildman–Crippen LogP) is 0.0639. The molecule has 6 heteroatoms. The van der Waals surface area contributed by atoms with Crippen molar-refractivity contribution >= 4 is 0 Å². The fourth-order valence-corrected chi connectivity index (χ4v) is 4.41. The molecule has 2 aliphatic rings. The van der Waals surface area contributed by atoms with Crippen molar-refractivity contribution in [3.8, 4) is 17.2 Å². The van der Waals surface area contributed by atoms with E-state index in [2.05, 4.69) is 45.0 Å². The highest BCUT2D eigenvalue weighted by Crippen LogP contribution is 2.32. The van der Waals surface area contributed by atoms with Crippen molar-refractivity contribution in [2.45, 2.75) is 33.4 Å². The molecule has 1 saturated heterocycles. The molecule has 0 bridgehead atoms. The van der Waals surface area contributed by atoms with Crippen LogP contribution in [0.3, 0.4) is 0 Å². The maximum Gasteiger partial charge on any atom is 0.231 e. The minimum Gasteiger partial charge on any atom is -0.490 e. The predicted molar refractivity (Wildman–Crippen MR) is 115 cm³/mol. The highest BCUT2D eigenvalue weighted by Gasteiger charge is 2.26. The van der Waals surface area contributed by atoms with Crippen molar-refractivity contribution in [3.63, 3.8) is 0 Å². The maximum absolute atomic E-state index is 10.5.